The van der Waals surface area contributed by atoms with Crippen LogP contribution in [0.4, 0.5) is 0 Å². The van der Waals surface area contributed by atoms with E-state index in [4.69, 9.17) is 5.11 Å². The molecular weight excluding hydrogens is 288 g/mol. The first kappa shape index (κ1) is 15.9. The van der Waals surface area contributed by atoms with Crippen LogP contribution in [-0.2, 0) is 18.4 Å². The van der Waals surface area contributed by atoms with Crippen LogP contribution >= 0.6 is 11.8 Å². The zero-order valence-electron chi connectivity index (χ0n) is 12.1. The maximum absolute atomic E-state index is 12.1. The van der Waals surface area contributed by atoms with Gasteiger partial charge in [0.2, 0.25) is 5.91 Å². The molecule has 0 aliphatic heterocycles. The summed E-state index contributed by atoms with van der Waals surface area (Å²) < 4.78 is 1.76. The minimum atomic E-state index is -0.687. The Hall–Kier alpha value is -1.52. The van der Waals surface area contributed by atoms with Gasteiger partial charge in [0.25, 0.3) is 0 Å². The monoisotopic (exact) mass is 308 g/mol. The molecule has 1 aliphatic carbocycles. The van der Waals surface area contributed by atoms with Gasteiger partial charge in [-0.15, -0.1) is 0 Å². The van der Waals surface area contributed by atoms with E-state index in [1.165, 1.54) is 11.8 Å². The number of nitrogens with zero attached hydrogens (tertiary/aromatic N) is 3. The highest BCUT2D eigenvalue weighted by Gasteiger charge is 2.33. The first-order valence-corrected chi connectivity index (χ1v) is 8.05. The van der Waals surface area contributed by atoms with E-state index in [2.05, 4.69) is 16.4 Å². The standard InChI is InChI=1S/C14H20N4O2S/c1-18-11(8-19)7-16-13(18)21-9-12(20)17-14(10-15)5-3-2-4-6-14/h7,19H,2-6,8-9H2,1H3,(H,17,20). The van der Waals surface area contributed by atoms with Crippen LogP contribution in [0.1, 0.15) is 37.8 Å². The number of hydrogen-bond donors (Lipinski definition) is 2. The van der Waals surface area contributed by atoms with Crippen molar-refractivity contribution in [3.05, 3.63) is 11.9 Å². The Labute approximate surface area is 128 Å². The molecule has 0 saturated heterocycles. The van der Waals surface area contributed by atoms with Crippen molar-refractivity contribution in [2.45, 2.75) is 49.4 Å². The van der Waals surface area contributed by atoms with Gasteiger partial charge >= 0.3 is 0 Å². The Balaban J connectivity index is 1.89. The Morgan fingerprint density at radius 1 is 1.57 bits per heavy atom. The Bertz CT molecular complexity index is 544. The van der Waals surface area contributed by atoms with Gasteiger partial charge in [0.15, 0.2) is 5.16 Å². The normalized spacial score (nSPS) is 17.2. The minimum Gasteiger partial charge on any atom is -0.390 e. The first-order chi connectivity index (χ1) is 10.1. The van der Waals surface area contributed by atoms with Crippen molar-refractivity contribution in [3.63, 3.8) is 0 Å². The molecule has 0 aromatic carbocycles. The quantitative estimate of drug-likeness (QED) is 0.801. The summed E-state index contributed by atoms with van der Waals surface area (Å²) in [5.41, 5.74) is 0.0204. The van der Waals surface area contributed by atoms with Crippen molar-refractivity contribution < 1.29 is 9.90 Å². The molecule has 114 valence electrons. The molecule has 6 nitrogen and oxygen atoms in total. The van der Waals surface area contributed by atoms with Gasteiger partial charge in [-0.2, -0.15) is 5.26 Å². The molecule has 2 N–H and O–H groups in total. The third kappa shape index (κ3) is 3.77. The second-order valence-electron chi connectivity index (χ2n) is 5.34. The summed E-state index contributed by atoms with van der Waals surface area (Å²) >= 11 is 1.31. The summed E-state index contributed by atoms with van der Waals surface area (Å²) in [5, 5.41) is 22.0. The largest absolute Gasteiger partial charge is 0.390 e. The van der Waals surface area contributed by atoms with Crippen LogP contribution in [0, 0.1) is 11.3 Å². The van der Waals surface area contributed by atoms with E-state index in [1.54, 1.807) is 17.8 Å². The molecule has 1 amide bonds. The molecule has 1 fully saturated rings. The second kappa shape index (κ2) is 6.96. The fraction of sp³-hybridized carbons (Fsp3) is 0.643. The SMILES string of the molecule is Cn1c(CO)cnc1SCC(=O)NC1(C#N)CCCCC1. The van der Waals surface area contributed by atoms with Crippen LogP contribution in [0.15, 0.2) is 11.4 Å². The van der Waals surface area contributed by atoms with Crippen molar-refractivity contribution in [2.24, 2.45) is 7.05 Å². The highest BCUT2D eigenvalue weighted by molar-refractivity contribution is 7.99. The maximum atomic E-state index is 12.1. The Morgan fingerprint density at radius 3 is 2.86 bits per heavy atom. The van der Waals surface area contributed by atoms with Gasteiger partial charge < -0.3 is 15.0 Å². The number of aliphatic hydroxyl groups is 1. The van der Waals surface area contributed by atoms with Gasteiger partial charge in [-0.1, -0.05) is 31.0 Å². The lowest BCUT2D eigenvalue weighted by Crippen LogP contribution is -2.49. The summed E-state index contributed by atoms with van der Waals surface area (Å²) in [4.78, 5) is 16.2. The van der Waals surface area contributed by atoms with Crippen LogP contribution in [0.2, 0.25) is 0 Å². The van der Waals surface area contributed by atoms with Gasteiger partial charge in [0.1, 0.15) is 5.54 Å². The van der Waals surface area contributed by atoms with Crippen molar-refractivity contribution in [2.75, 3.05) is 5.75 Å². The van der Waals surface area contributed by atoms with Gasteiger partial charge in [-0.25, -0.2) is 4.98 Å². The number of carbonyl (C=O) groups is 1. The predicted molar refractivity (Wildman–Crippen MR) is 79.4 cm³/mol. The molecule has 2 rings (SSSR count). The number of hydrogen-bond acceptors (Lipinski definition) is 5. The smallest absolute Gasteiger partial charge is 0.231 e. The van der Waals surface area contributed by atoms with Gasteiger partial charge in [-0.05, 0) is 12.8 Å². The van der Waals surface area contributed by atoms with E-state index in [1.807, 2.05) is 0 Å². The van der Waals surface area contributed by atoms with Crippen LogP contribution in [0.3, 0.4) is 0 Å². The van der Waals surface area contributed by atoms with Gasteiger partial charge in [0, 0.05) is 7.05 Å². The average Bonchev–Trinajstić information content (AvgIpc) is 2.86. The third-order valence-corrected chi connectivity index (χ3v) is 4.88. The summed E-state index contributed by atoms with van der Waals surface area (Å²) in [7, 11) is 1.80. The van der Waals surface area contributed by atoms with Crippen LogP contribution in [0.25, 0.3) is 0 Å². The molecule has 1 aliphatic rings. The third-order valence-electron chi connectivity index (χ3n) is 3.84. The highest BCUT2D eigenvalue weighted by atomic mass is 32.2. The average molecular weight is 308 g/mol. The Morgan fingerprint density at radius 2 is 2.29 bits per heavy atom. The number of aromatic nitrogens is 2. The van der Waals surface area contributed by atoms with Crippen molar-refractivity contribution in [3.8, 4) is 6.07 Å². The molecule has 7 heteroatoms. The molecule has 1 aromatic rings. The van der Waals surface area contributed by atoms with Crippen LogP contribution in [0.5, 0.6) is 0 Å². The number of amides is 1. The number of imidazole rings is 1. The zero-order valence-corrected chi connectivity index (χ0v) is 12.9. The summed E-state index contributed by atoms with van der Waals surface area (Å²) in [6.45, 7) is -0.0756. The lowest BCUT2D eigenvalue weighted by atomic mass is 9.83. The minimum absolute atomic E-state index is 0.0756. The first-order valence-electron chi connectivity index (χ1n) is 7.07. The number of carbonyl (C=O) groups excluding carboxylic acids is 1. The predicted octanol–water partition coefficient (Wildman–Crippen LogP) is 1.35. The van der Waals surface area contributed by atoms with E-state index < -0.39 is 5.54 Å². The number of nitriles is 1. The molecule has 1 aromatic heterocycles. The maximum Gasteiger partial charge on any atom is 0.231 e. The summed E-state index contributed by atoms with van der Waals surface area (Å²) in [6.07, 6.45) is 6.16. The van der Waals surface area contributed by atoms with Gasteiger partial charge in [-0.3, -0.25) is 4.79 Å². The van der Waals surface area contributed by atoms with Crippen LogP contribution < -0.4 is 5.32 Å². The molecule has 21 heavy (non-hydrogen) atoms. The molecule has 0 unspecified atom stereocenters. The molecule has 0 atom stereocenters. The van der Waals surface area contributed by atoms with Crippen LogP contribution in [-0.4, -0.2) is 31.9 Å². The van der Waals surface area contributed by atoms with E-state index in [0.29, 0.717) is 10.9 Å². The molecule has 0 bridgehead atoms. The van der Waals surface area contributed by atoms with E-state index >= 15 is 0 Å². The fourth-order valence-electron chi connectivity index (χ4n) is 2.56. The highest BCUT2D eigenvalue weighted by Crippen LogP contribution is 2.27. The lowest BCUT2D eigenvalue weighted by molar-refractivity contribution is -0.120. The second-order valence-corrected chi connectivity index (χ2v) is 6.28. The molecule has 1 saturated carbocycles. The van der Waals surface area contributed by atoms with Crippen molar-refractivity contribution in [1.29, 1.82) is 5.26 Å². The lowest BCUT2D eigenvalue weighted by Gasteiger charge is -2.31. The topological polar surface area (TPSA) is 90.9 Å². The number of aliphatic hydroxyl groups excluding tert-OH is 1. The fourth-order valence-corrected chi connectivity index (χ4v) is 3.33. The van der Waals surface area contributed by atoms with E-state index in [9.17, 15) is 10.1 Å². The number of nitrogens with one attached hydrogen (secondary N) is 1. The Kier molecular flexibility index (Phi) is 5.26. The van der Waals surface area contributed by atoms with E-state index in [-0.39, 0.29) is 18.3 Å². The molecular formula is C14H20N4O2S. The molecule has 0 spiro atoms. The summed E-state index contributed by atoms with van der Waals surface area (Å²) in [6, 6.07) is 2.28. The zero-order chi connectivity index (χ0) is 15.3. The van der Waals surface area contributed by atoms with Crippen molar-refractivity contribution >= 4 is 17.7 Å². The molecule has 1 heterocycles. The number of rotatable bonds is 5. The van der Waals surface area contributed by atoms with Crippen molar-refractivity contribution in [1.82, 2.24) is 14.9 Å². The molecule has 0 radical (unpaired) electrons. The van der Waals surface area contributed by atoms with E-state index in [0.717, 1.165) is 32.1 Å². The number of thioether (sulfide) groups is 1. The summed E-state index contributed by atoms with van der Waals surface area (Å²) in [5.74, 6) is 0.0797. The van der Waals surface area contributed by atoms with Gasteiger partial charge in [0.05, 0.1) is 30.3 Å².